The molecule has 0 fully saturated rings. The zero-order chi connectivity index (χ0) is 17.1. The molecule has 1 aromatic heterocycles. The third kappa shape index (κ3) is 3.73. The predicted molar refractivity (Wildman–Crippen MR) is 86.8 cm³/mol. The molecule has 0 aliphatic carbocycles. The van der Waals surface area contributed by atoms with Gasteiger partial charge in [-0.2, -0.15) is 5.10 Å². The van der Waals surface area contributed by atoms with Crippen molar-refractivity contribution in [3.63, 3.8) is 0 Å². The Hall–Kier alpha value is -2.41. The van der Waals surface area contributed by atoms with Crippen molar-refractivity contribution in [2.45, 2.75) is 33.1 Å². The van der Waals surface area contributed by atoms with Gasteiger partial charge < -0.3 is 10.1 Å². The molecule has 0 radical (unpaired) electrons. The second-order valence-electron chi connectivity index (χ2n) is 5.93. The number of rotatable bonds is 5. The van der Waals surface area contributed by atoms with E-state index in [0.717, 1.165) is 36.6 Å². The largest absolute Gasteiger partial charge is 0.496 e. The molecule has 0 unspecified atom stereocenters. The van der Waals surface area contributed by atoms with Crippen molar-refractivity contribution in [3.8, 4) is 5.75 Å². The Morgan fingerprint density at radius 2 is 2.21 bits per heavy atom. The van der Waals surface area contributed by atoms with Crippen molar-refractivity contribution in [3.05, 3.63) is 47.0 Å². The summed E-state index contributed by atoms with van der Waals surface area (Å²) < 4.78 is 20.8. The number of fused-ring (bicyclic) bond motifs is 1. The molecule has 1 amide bonds. The summed E-state index contributed by atoms with van der Waals surface area (Å²) in [5.74, 6) is 0.369. The molecule has 7 heteroatoms. The first-order valence-corrected chi connectivity index (χ1v) is 7.90. The van der Waals surface area contributed by atoms with Gasteiger partial charge in [-0.15, -0.1) is 0 Å². The van der Waals surface area contributed by atoms with E-state index < -0.39 is 0 Å². The van der Waals surface area contributed by atoms with Crippen LogP contribution in [0.5, 0.6) is 5.75 Å². The first-order chi connectivity index (χ1) is 11.5. The van der Waals surface area contributed by atoms with Crippen LogP contribution in [0.3, 0.4) is 0 Å². The monoisotopic (exact) mass is 332 g/mol. The van der Waals surface area contributed by atoms with Gasteiger partial charge in [0, 0.05) is 32.1 Å². The summed E-state index contributed by atoms with van der Waals surface area (Å²) in [6.07, 6.45) is 0. The Balaban J connectivity index is 1.69. The molecular weight excluding hydrogens is 311 g/mol. The van der Waals surface area contributed by atoms with Crippen LogP contribution in [-0.4, -0.2) is 34.2 Å². The smallest absolute Gasteiger partial charge is 0.217 e. The molecule has 2 aromatic rings. The predicted octanol–water partition coefficient (Wildman–Crippen LogP) is 1.68. The van der Waals surface area contributed by atoms with Crippen molar-refractivity contribution in [1.82, 2.24) is 20.0 Å². The van der Waals surface area contributed by atoms with Crippen molar-refractivity contribution >= 4 is 5.91 Å². The summed E-state index contributed by atoms with van der Waals surface area (Å²) in [4.78, 5) is 13.2. The number of hydrogen-bond donors (Lipinski definition) is 1. The molecule has 0 saturated carbocycles. The molecule has 1 N–H and O–H groups in total. The Morgan fingerprint density at radius 3 is 2.96 bits per heavy atom. The SMILES string of the molecule is COc1ccc(F)cc1CN1CCn2nc(CNC(C)=O)cc2C1. The number of carbonyl (C=O) groups excluding carboxylic acids is 1. The van der Waals surface area contributed by atoms with E-state index in [1.165, 1.54) is 19.1 Å². The van der Waals surface area contributed by atoms with E-state index in [1.54, 1.807) is 13.2 Å². The summed E-state index contributed by atoms with van der Waals surface area (Å²) in [7, 11) is 1.59. The lowest BCUT2D eigenvalue weighted by Crippen LogP contribution is -2.33. The van der Waals surface area contributed by atoms with Crippen molar-refractivity contribution in [2.24, 2.45) is 0 Å². The van der Waals surface area contributed by atoms with Gasteiger partial charge in [0.1, 0.15) is 11.6 Å². The van der Waals surface area contributed by atoms with E-state index >= 15 is 0 Å². The van der Waals surface area contributed by atoms with Gasteiger partial charge in [0.2, 0.25) is 5.91 Å². The highest BCUT2D eigenvalue weighted by atomic mass is 19.1. The fourth-order valence-corrected chi connectivity index (χ4v) is 2.93. The normalized spacial score (nSPS) is 14.3. The van der Waals surface area contributed by atoms with E-state index in [2.05, 4.69) is 15.3 Å². The second-order valence-corrected chi connectivity index (χ2v) is 5.93. The fourth-order valence-electron chi connectivity index (χ4n) is 2.93. The highest BCUT2D eigenvalue weighted by molar-refractivity contribution is 5.72. The summed E-state index contributed by atoms with van der Waals surface area (Å²) in [5.41, 5.74) is 2.78. The molecule has 24 heavy (non-hydrogen) atoms. The minimum absolute atomic E-state index is 0.0687. The Kier molecular flexibility index (Phi) is 4.80. The van der Waals surface area contributed by atoms with Gasteiger partial charge in [-0.3, -0.25) is 14.4 Å². The topological polar surface area (TPSA) is 59.4 Å². The molecule has 6 nitrogen and oxygen atoms in total. The van der Waals surface area contributed by atoms with Gasteiger partial charge in [0.25, 0.3) is 0 Å². The quantitative estimate of drug-likeness (QED) is 0.905. The number of methoxy groups -OCH3 is 1. The van der Waals surface area contributed by atoms with Crippen LogP contribution in [0.15, 0.2) is 24.3 Å². The van der Waals surface area contributed by atoms with E-state index in [9.17, 15) is 9.18 Å². The van der Waals surface area contributed by atoms with Crippen LogP contribution in [0.4, 0.5) is 4.39 Å². The summed E-state index contributed by atoms with van der Waals surface area (Å²) in [5, 5.41) is 7.26. The lowest BCUT2D eigenvalue weighted by molar-refractivity contribution is -0.119. The van der Waals surface area contributed by atoms with Crippen LogP contribution in [0, 0.1) is 5.82 Å². The first-order valence-electron chi connectivity index (χ1n) is 7.90. The lowest BCUT2D eigenvalue weighted by atomic mass is 10.1. The van der Waals surface area contributed by atoms with Crippen LogP contribution in [-0.2, 0) is 31.0 Å². The Morgan fingerprint density at radius 1 is 1.38 bits per heavy atom. The first kappa shape index (κ1) is 16.4. The van der Waals surface area contributed by atoms with Gasteiger partial charge in [-0.25, -0.2) is 4.39 Å². The van der Waals surface area contributed by atoms with E-state index in [4.69, 9.17) is 4.74 Å². The number of ether oxygens (including phenoxy) is 1. The Labute approximate surface area is 140 Å². The summed E-state index contributed by atoms with van der Waals surface area (Å²) in [6.45, 7) is 4.87. The number of nitrogens with one attached hydrogen (secondary N) is 1. The van der Waals surface area contributed by atoms with Crippen LogP contribution in [0.2, 0.25) is 0 Å². The number of aromatic nitrogens is 2. The number of amides is 1. The minimum atomic E-state index is -0.259. The molecule has 128 valence electrons. The van der Waals surface area contributed by atoms with Gasteiger partial charge in [-0.05, 0) is 24.3 Å². The van der Waals surface area contributed by atoms with E-state index in [0.29, 0.717) is 18.8 Å². The van der Waals surface area contributed by atoms with Crippen LogP contribution >= 0.6 is 0 Å². The third-order valence-corrected chi connectivity index (χ3v) is 4.08. The zero-order valence-electron chi connectivity index (χ0n) is 13.9. The van der Waals surface area contributed by atoms with Gasteiger partial charge >= 0.3 is 0 Å². The molecule has 0 bridgehead atoms. The van der Waals surface area contributed by atoms with E-state index in [1.807, 2.05) is 10.7 Å². The molecular formula is C17H21FN4O2. The average Bonchev–Trinajstić information content (AvgIpc) is 2.95. The maximum absolute atomic E-state index is 13.5. The highest BCUT2D eigenvalue weighted by Gasteiger charge is 2.20. The van der Waals surface area contributed by atoms with Gasteiger partial charge in [0.05, 0.1) is 31.6 Å². The highest BCUT2D eigenvalue weighted by Crippen LogP contribution is 2.23. The molecule has 1 aliphatic heterocycles. The molecule has 0 spiro atoms. The van der Waals surface area contributed by atoms with Crippen molar-refractivity contribution < 1.29 is 13.9 Å². The number of halogens is 1. The third-order valence-electron chi connectivity index (χ3n) is 4.08. The molecule has 0 atom stereocenters. The number of carbonyl (C=O) groups is 1. The van der Waals surface area contributed by atoms with Gasteiger partial charge in [-0.1, -0.05) is 0 Å². The van der Waals surface area contributed by atoms with Crippen LogP contribution in [0.25, 0.3) is 0 Å². The molecule has 2 heterocycles. The standard InChI is InChI=1S/C17H21FN4O2/c1-12(23)19-9-15-8-16-11-21(5-6-22(16)20-15)10-13-7-14(18)3-4-17(13)24-2/h3-4,7-8H,5-6,9-11H2,1-2H3,(H,19,23). The van der Waals surface area contributed by atoms with Crippen LogP contribution in [0.1, 0.15) is 23.9 Å². The fraction of sp³-hybridized carbons (Fsp3) is 0.412. The summed E-state index contributed by atoms with van der Waals surface area (Å²) in [6, 6.07) is 6.59. The molecule has 0 saturated heterocycles. The lowest BCUT2D eigenvalue weighted by Gasteiger charge is -2.28. The van der Waals surface area contributed by atoms with Gasteiger partial charge in [0.15, 0.2) is 0 Å². The second kappa shape index (κ2) is 7.00. The molecule has 1 aliphatic rings. The van der Waals surface area contributed by atoms with Crippen LogP contribution < -0.4 is 10.1 Å². The molecule has 1 aromatic carbocycles. The molecule has 3 rings (SSSR count). The average molecular weight is 332 g/mol. The maximum Gasteiger partial charge on any atom is 0.217 e. The zero-order valence-corrected chi connectivity index (χ0v) is 13.9. The number of hydrogen-bond acceptors (Lipinski definition) is 4. The van der Waals surface area contributed by atoms with E-state index in [-0.39, 0.29) is 11.7 Å². The minimum Gasteiger partial charge on any atom is -0.496 e. The number of benzene rings is 1. The number of nitrogens with zero attached hydrogens (tertiary/aromatic N) is 3. The summed E-state index contributed by atoms with van der Waals surface area (Å²) >= 11 is 0. The Bertz CT molecular complexity index is 744. The van der Waals surface area contributed by atoms with Crippen molar-refractivity contribution in [1.29, 1.82) is 0 Å². The van der Waals surface area contributed by atoms with Crippen molar-refractivity contribution in [2.75, 3.05) is 13.7 Å². The maximum atomic E-state index is 13.5.